The van der Waals surface area contributed by atoms with E-state index in [2.05, 4.69) is 20.3 Å². The van der Waals surface area contributed by atoms with Crippen molar-refractivity contribution < 1.29 is 4.79 Å². The van der Waals surface area contributed by atoms with Crippen molar-refractivity contribution in [1.82, 2.24) is 9.97 Å². The Morgan fingerprint density at radius 3 is 2.93 bits per heavy atom. The fraction of sp³-hybridized carbons (Fsp3) is 0.182. The molecule has 0 saturated heterocycles. The van der Waals surface area contributed by atoms with Gasteiger partial charge in [-0.25, -0.2) is 0 Å². The van der Waals surface area contributed by atoms with E-state index in [1.165, 1.54) is 0 Å². The lowest BCUT2D eigenvalue weighted by atomic mass is 10.1. The van der Waals surface area contributed by atoms with Crippen molar-refractivity contribution in [2.45, 2.75) is 26.3 Å². The maximum Gasteiger partial charge on any atom is 0.275 e. The van der Waals surface area contributed by atoms with Gasteiger partial charge < -0.3 is 15.7 Å². The lowest BCUT2D eigenvalue weighted by molar-refractivity contribution is -0.110. The maximum absolute atomic E-state index is 12.8. The van der Waals surface area contributed by atoms with Crippen LogP contribution in [0.4, 0.5) is 5.69 Å². The molecule has 3 rings (SSSR count). The number of pyridine rings is 1. The molecule has 0 spiro atoms. The number of rotatable bonds is 7. The van der Waals surface area contributed by atoms with E-state index in [0.29, 0.717) is 5.69 Å². The van der Waals surface area contributed by atoms with Gasteiger partial charge in [-0.1, -0.05) is 25.1 Å². The SMILES string of the molecule is CC/C=C\C(N=C(C(C)=N)C(=O)Nc1ccc2[nH]ccc2c1)c1cccnc1. The van der Waals surface area contributed by atoms with E-state index in [1.807, 2.05) is 61.7 Å². The van der Waals surface area contributed by atoms with E-state index in [1.54, 1.807) is 19.3 Å². The number of hydrogen-bond donors (Lipinski definition) is 3. The van der Waals surface area contributed by atoms with Gasteiger partial charge in [0.25, 0.3) is 5.91 Å². The first-order chi connectivity index (χ1) is 13.6. The van der Waals surface area contributed by atoms with Crippen LogP contribution in [0.3, 0.4) is 0 Å². The second-order valence-electron chi connectivity index (χ2n) is 6.40. The first kappa shape index (κ1) is 19.2. The Morgan fingerprint density at radius 2 is 2.21 bits per heavy atom. The molecule has 6 nitrogen and oxygen atoms in total. The second kappa shape index (κ2) is 8.90. The van der Waals surface area contributed by atoms with Crippen LogP contribution in [0.5, 0.6) is 0 Å². The molecule has 1 atom stereocenters. The summed E-state index contributed by atoms with van der Waals surface area (Å²) in [6.45, 7) is 3.60. The largest absolute Gasteiger partial charge is 0.361 e. The first-order valence-corrected chi connectivity index (χ1v) is 9.17. The number of allylic oxidation sites excluding steroid dienone is 1. The highest BCUT2D eigenvalue weighted by atomic mass is 16.1. The van der Waals surface area contributed by atoms with Gasteiger partial charge >= 0.3 is 0 Å². The lowest BCUT2D eigenvalue weighted by Gasteiger charge is -2.12. The van der Waals surface area contributed by atoms with Crippen LogP contribution in [0.1, 0.15) is 31.9 Å². The molecule has 2 aromatic heterocycles. The average Bonchev–Trinajstić information content (AvgIpc) is 3.16. The van der Waals surface area contributed by atoms with Crippen molar-refractivity contribution in [2.75, 3.05) is 5.32 Å². The number of carbonyl (C=O) groups is 1. The number of nitrogens with one attached hydrogen (secondary N) is 3. The first-order valence-electron chi connectivity index (χ1n) is 9.17. The molecule has 3 aromatic rings. The highest BCUT2D eigenvalue weighted by Crippen LogP contribution is 2.20. The Hall–Kier alpha value is -3.54. The van der Waals surface area contributed by atoms with Crippen LogP contribution < -0.4 is 5.32 Å². The number of fused-ring (bicyclic) bond motifs is 1. The Labute approximate surface area is 163 Å². The molecule has 0 radical (unpaired) electrons. The minimum Gasteiger partial charge on any atom is -0.361 e. The second-order valence-corrected chi connectivity index (χ2v) is 6.40. The zero-order valence-electron chi connectivity index (χ0n) is 15.9. The van der Waals surface area contributed by atoms with E-state index in [0.717, 1.165) is 22.9 Å². The number of H-pyrrole nitrogens is 1. The molecule has 0 bridgehead atoms. The molecule has 0 aliphatic rings. The molecule has 1 amide bonds. The number of benzene rings is 1. The van der Waals surface area contributed by atoms with E-state index in [4.69, 9.17) is 5.41 Å². The van der Waals surface area contributed by atoms with E-state index in [-0.39, 0.29) is 17.5 Å². The molecular formula is C22H23N5O. The van der Waals surface area contributed by atoms with Crippen LogP contribution in [-0.2, 0) is 4.79 Å². The number of anilines is 1. The van der Waals surface area contributed by atoms with Gasteiger partial charge in [0.15, 0.2) is 0 Å². The van der Waals surface area contributed by atoms with Crippen LogP contribution in [0.2, 0.25) is 0 Å². The third-order valence-electron chi connectivity index (χ3n) is 4.23. The summed E-state index contributed by atoms with van der Waals surface area (Å²) in [5.41, 5.74) is 2.74. The smallest absolute Gasteiger partial charge is 0.275 e. The Bertz CT molecular complexity index is 1030. The molecule has 6 heteroatoms. The molecule has 0 fully saturated rings. The molecule has 0 aliphatic carbocycles. The summed E-state index contributed by atoms with van der Waals surface area (Å²) < 4.78 is 0. The van der Waals surface area contributed by atoms with Gasteiger partial charge in [0.2, 0.25) is 0 Å². The van der Waals surface area contributed by atoms with Crippen molar-refractivity contribution in [2.24, 2.45) is 4.99 Å². The summed E-state index contributed by atoms with van der Waals surface area (Å²) in [6, 6.07) is 10.9. The van der Waals surface area contributed by atoms with Crippen LogP contribution in [0, 0.1) is 5.41 Å². The summed E-state index contributed by atoms with van der Waals surface area (Å²) in [5.74, 6) is -0.402. The molecule has 2 heterocycles. The minimum atomic E-state index is -0.402. The molecule has 3 N–H and O–H groups in total. The van der Waals surface area contributed by atoms with Gasteiger partial charge in [-0.3, -0.25) is 14.8 Å². The normalized spacial score (nSPS) is 13.0. The van der Waals surface area contributed by atoms with Gasteiger partial charge in [0.1, 0.15) is 5.71 Å². The maximum atomic E-state index is 12.8. The quantitative estimate of drug-likeness (QED) is 0.414. The molecule has 0 aliphatic heterocycles. The van der Waals surface area contributed by atoms with E-state index in [9.17, 15) is 4.79 Å². The predicted octanol–water partition coefficient (Wildman–Crippen LogP) is 4.69. The minimum absolute atomic E-state index is 0.101. The van der Waals surface area contributed by atoms with E-state index < -0.39 is 5.91 Å². The summed E-state index contributed by atoms with van der Waals surface area (Å²) in [6.07, 6.45) is 10.1. The summed E-state index contributed by atoms with van der Waals surface area (Å²) >= 11 is 0. The van der Waals surface area contributed by atoms with Gasteiger partial charge in [-0.05, 0) is 49.2 Å². The van der Waals surface area contributed by atoms with Crippen LogP contribution in [0.25, 0.3) is 10.9 Å². The fourth-order valence-corrected chi connectivity index (χ4v) is 2.83. The Balaban J connectivity index is 1.90. The zero-order chi connectivity index (χ0) is 19.9. The predicted molar refractivity (Wildman–Crippen MR) is 114 cm³/mol. The monoisotopic (exact) mass is 373 g/mol. The average molecular weight is 373 g/mol. The number of aromatic nitrogens is 2. The molecule has 1 aromatic carbocycles. The van der Waals surface area contributed by atoms with Crippen molar-refractivity contribution >= 4 is 33.9 Å². The molecule has 1 unspecified atom stereocenters. The number of nitrogens with zero attached hydrogens (tertiary/aromatic N) is 2. The topological polar surface area (TPSA) is 94.0 Å². The van der Waals surface area contributed by atoms with Crippen molar-refractivity contribution in [3.05, 3.63) is 72.7 Å². The fourth-order valence-electron chi connectivity index (χ4n) is 2.83. The summed E-state index contributed by atoms with van der Waals surface area (Å²) in [5, 5.41) is 11.9. The highest BCUT2D eigenvalue weighted by molar-refractivity contribution is 6.67. The number of carbonyl (C=O) groups excluding carboxylic acids is 1. The summed E-state index contributed by atoms with van der Waals surface area (Å²) in [7, 11) is 0. The van der Waals surface area contributed by atoms with Gasteiger partial charge in [0.05, 0.1) is 11.8 Å². The molecule has 142 valence electrons. The van der Waals surface area contributed by atoms with Crippen LogP contribution >= 0.6 is 0 Å². The molecular weight excluding hydrogens is 350 g/mol. The third kappa shape index (κ3) is 4.59. The van der Waals surface area contributed by atoms with Crippen molar-refractivity contribution in [1.29, 1.82) is 5.41 Å². The van der Waals surface area contributed by atoms with Crippen molar-refractivity contribution in [3.63, 3.8) is 0 Å². The van der Waals surface area contributed by atoms with Gasteiger partial charge in [-0.2, -0.15) is 0 Å². The highest BCUT2D eigenvalue weighted by Gasteiger charge is 2.17. The molecule has 0 saturated carbocycles. The van der Waals surface area contributed by atoms with Gasteiger partial charge in [0, 0.05) is 35.2 Å². The third-order valence-corrected chi connectivity index (χ3v) is 4.23. The number of hydrogen-bond acceptors (Lipinski definition) is 4. The number of amides is 1. The Morgan fingerprint density at radius 1 is 1.36 bits per heavy atom. The zero-order valence-corrected chi connectivity index (χ0v) is 15.9. The summed E-state index contributed by atoms with van der Waals surface area (Å²) in [4.78, 5) is 24.7. The van der Waals surface area contributed by atoms with Crippen molar-refractivity contribution in [3.8, 4) is 0 Å². The number of aromatic amines is 1. The van der Waals surface area contributed by atoms with Crippen LogP contribution in [0.15, 0.2) is 72.1 Å². The number of aliphatic imine (C=N–C) groups is 1. The lowest BCUT2D eigenvalue weighted by Crippen LogP contribution is -2.29. The Kier molecular flexibility index (Phi) is 6.11. The van der Waals surface area contributed by atoms with Crippen LogP contribution in [-0.4, -0.2) is 27.3 Å². The standard InChI is InChI=1S/C22H23N5O/c1-3-4-7-20(17-6-5-11-24-14-17)27-21(15(2)23)22(28)26-18-8-9-19-16(13-18)10-12-25-19/h4-14,20,23,25H,3H2,1-2H3,(H,26,28)/b7-4-,23-15?,27-21?. The van der Waals surface area contributed by atoms with Gasteiger partial charge in [-0.15, -0.1) is 0 Å². The van der Waals surface area contributed by atoms with E-state index >= 15 is 0 Å². The molecule has 28 heavy (non-hydrogen) atoms.